The molecule has 0 aromatic heterocycles. The molecular weight excluding hydrogens is 116 g/mol. The Morgan fingerprint density at radius 2 is 2.22 bits per heavy atom. The third-order valence-corrected chi connectivity index (χ3v) is 0.881. The largest absolute Gasteiger partial charge is 0.516 e. The summed E-state index contributed by atoms with van der Waals surface area (Å²) >= 11 is 0. The van der Waals surface area contributed by atoms with Crippen molar-refractivity contribution in [3.8, 4) is 0 Å². The summed E-state index contributed by atoms with van der Waals surface area (Å²) in [5.41, 5.74) is 0. The molecule has 0 heterocycles. The van der Waals surface area contributed by atoms with E-state index in [1.54, 1.807) is 0 Å². The molecule has 0 aromatic carbocycles. The Hall–Kier alpha value is -0.920. The van der Waals surface area contributed by atoms with Crippen LogP contribution in [-0.4, -0.2) is 10.2 Å². The van der Waals surface area contributed by atoms with Crippen molar-refractivity contribution in [2.45, 2.75) is 19.8 Å². The lowest BCUT2D eigenvalue weighted by Crippen LogP contribution is -1.76. The van der Waals surface area contributed by atoms with Crippen molar-refractivity contribution in [1.29, 1.82) is 0 Å². The van der Waals surface area contributed by atoms with Crippen molar-refractivity contribution < 1.29 is 10.2 Å². The topological polar surface area (TPSA) is 40.5 Å². The lowest BCUT2D eigenvalue weighted by Gasteiger charge is -1.91. The van der Waals surface area contributed by atoms with Crippen LogP contribution >= 0.6 is 0 Å². The minimum Gasteiger partial charge on any atom is -0.516 e. The van der Waals surface area contributed by atoms with Crippen molar-refractivity contribution in [3.63, 3.8) is 0 Å². The smallest absolute Gasteiger partial charge is 0.0923 e. The van der Waals surface area contributed by atoms with Crippen LogP contribution in [0.25, 0.3) is 0 Å². The van der Waals surface area contributed by atoms with Gasteiger partial charge in [-0.25, -0.2) is 0 Å². The summed E-state index contributed by atoms with van der Waals surface area (Å²) in [5, 5.41) is 17.0. The molecule has 0 bridgehead atoms. The average molecular weight is 128 g/mol. The summed E-state index contributed by atoms with van der Waals surface area (Å²) < 4.78 is 0. The highest BCUT2D eigenvalue weighted by Crippen LogP contribution is 1.98. The molecule has 0 aliphatic rings. The third kappa shape index (κ3) is 4.94. The van der Waals surface area contributed by atoms with Crippen LogP contribution in [0, 0.1) is 0 Å². The first-order valence-electron chi connectivity index (χ1n) is 3.00. The van der Waals surface area contributed by atoms with E-state index in [1.807, 2.05) is 6.92 Å². The van der Waals surface area contributed by atoms with Gasteiger partial charge < -0.3 is 10.2 Å². The van der Waals surface area contributed by atoms with Crippen molar-refractivity contribution in [2.75, 3.05) is 0 Å². The molecule has 0 aliphatic heterocycles. The number of hydrogen-bond donors (Lipinski definition) is 2. The number of aliphatic hydroxyl groups is 2. The Morgan fingerprint density at radius 1 is 1.56 bits per heavy atom. The van der Waals surface area contributed by atoms with E-state index in [2.05, 4.69) is 0 Å². The normalized spacial score (nSPS) is 12.8. The maximum atomic E-state index is 8.88. The van der Waals surface area contributed by atoms with Crippen LogP contribution in [-0.2, 0) is 0 Å². The van der Waals surface area contributed by atoms with Gasteiger partial charge in [0.1, 0.15) is 0 Å². The molecule has 0 amide bonds. The first kappa shape index (κ1) is 8.08. The summed E-state index contributed by atoms with van der Waals surface area (Å²) in [6, 6.07) is 0. The number of hydrogen-bond acceptors (Lipinski definition) is 2. The molecule has 0 fully saturated rings. The fraction of sp³-hybridized carbons (Fsp3) is 0.429. The van der Waals surface area contributed by atoms with Crippen molar-refractivity contribution in [3.05, 3.63) is 24.2 Å². The fourth-order valence-corrected chi connectivity index (χ4v) is 0.494. The van der Waals surface area contributed by atoms with E-state index in [-0.39, 0.29) is 0 Å². The maximum absolute atomic E-state index is 8.88. The quantitative estimate of drug-likeness (QED) is 0.452. The molecule has 0 aliphatic carbocycles. The Labute approximate surface area is 55.1 Å². The summed E-state index contributed by atoms with van der Waals surface area (Å²) in [7, 11) is 0. The predicted octanol–water partition coefficient (Wildman–Crippen LogP) is 2.30. The second kappa shape index (κ2) is 5.22. The van der Waals surface area contributed by atoms with Crippen molar-refractivity contribution >= 4 is 0 Å². The van der Waals surface area contributed by atoms with E-state index in [0.717, 1.165) is 12.7 Å². The molecule has 0 radical (unpaired) electrons. The number of allylic oxidation sites excluding steroid dienone is 3. The Bertz CT molecular complexity index is 114. The van der Waals surface area contributed by atoms with Crippen LogP contribution in [0.4, 0.5) is 0 Å². The van der Waals surface area contributed by atoms with Gasteiger partial charge in [0.25, 0.3) is 0 Å². The first-order valence-corrected chi connectivity index (χ1v) is 3.00. The van der Waals surface area contributed by atoms with E-state index in [0.29, 0.717) is 12.2 Å². The van der Waals surface area contributed by atoms with Gasteiger partial charge >= 0.3 is 0 Å². The van der Waals surface area contributed by atoms with Crippen molar-refractivity contribution in [1.82, 2.24) is 0 Å². The molecule has 0 saturated heterocycles. The molecule has 0 spiro atoms. The average Bonchev–Trinajstić information content (AvgIpc) is 1.85. The predicted molar refractivity (Wildman–Crippen MR) is 37.4 cm³/mol. The van der Waals surface area contributed by atoms with E-state index >= 15 is 0 Å². The van der Waals surface area contributed by atoms with Crippen LogP contribution in [0.2, 0.25) is 0 Å². The fourth-order valence-electron chi connectivity index (χ4n) is 0.494. The molecule has 0 saturated carbocycles. The Kier molecular flexibility index (Phi) is 4.69. The molecule has 9 heavy (non-hydrogen) atoms. The summed E-state index contributed by atoms with van der Waals surface area (Å²) in [6.07, 6.45) is 5.35. The summed E-state index contributed by atoms with van der Waals surface area (Å²) in [6.45, 7) is 1.98. The number of aliphatic hydroxyl groups excluding tert-OH is 2. The van der Waals surface area contributed by atoms with Crippen LogP contribution < -0.4 is 0 Å². The molecule has 0 atom stereocenters. The van der Waals surface area contributed by atoms with Crippen LogP contribution in [0.1, 0.15) is 19.8 Å². The minimum absolute atomic E-state index is 0.308. The molecule has 2 heteroatoms. The van der Waals surface area contributed by atoms with Gasteiger partial charge in [0.2, 0.25) is 0 Å². The number of rotatable bonds is 3. The highest BCUT2D eigenvalue weighted by Gasteiger charge is 1.85. The van der Waals surface area contributed by atoms with Gasteiger partial charge in [0.05, 0.1) is 12.0 Å². The lowest BCUT2D eigenvalue weighted by atomic mass is 10.3. The van der Waals surface area contributed by atoms with Gasteiger partial charge in [-0.15, -0.1) is 0 Å². The van der Waals surface area contributed by atoms with Gasteiger partial charge in [0.15, 0.2) is 0 Å². The van der Waals surface area contributed by atoms with E-state index in [1.165, 1.54) is 12.2 Å². The second-order valence-corrected chi connectivity index (χ2v) is 1.75. The molecule has 2 N–H and O–H groups in total. The van der Waals surface area contributed by atoms with Gasteiger partial charge in [-0.3, -0.25) is 0 Å². The highest BCUT2D eigenvalue weighted by atomic mass is 16.3. The zero-order valence-corrected chi connectivity index (χ0v) is 5.54. The van der Waals surface area contributed by atoms with Gasteiger partial charge in [0, 0.05) is 6.42 Å². The van der Waals surface area contributed by atoms with Crippen LogP contribution in [0.3, 0.4) is 0 Å². The summed E-state index contributed by atoms with van der Waals surface area (Å²) in [5.74, 6) is 0.308. The van der Waals surface area contributed by atoms with Crippen LogP contribution in [0.15, 0.2) is 24.2 Å². The van der Waals surface area contributed by atoms with Crippen molar-refractivity contribution in [2.24, 2.45) is 0 Å². The SMILES string of the molecule is CCC/C(O)=C/C=C/O. The van der Waals surface area contributed by atoms with Crippen LogP contribution in [0.5, 0.6) is 0 Å². The van der Waals surface area contributed by atoms with E-state index in [4.69, 9.17) is 10.2 Å². The first-order chi connectivity index (χ1) is 4.31. The molecule has 52 valence electrons. The highest BCUT2D eigenvalue weighted by molar-refractivity contribution is 5.03. The molecule has 0 aromatic rings. The molecule has 2 nitrogen and oxygen atoms in total. The van der Waals surface area contributed by atoms with Gasteiger partial charge in [-0.05, 0) is 18.6 Å². The Morgan fingerprint density at radius 3 is 2.67 bits per heavy atom. The van der Waals surface area contributed by atoms with Gasteiger partial charge in [-0.2, -0.15) is 0 Å². The maximum Gasteiger partial charge on any atom is 0.0923 e. The van der Waals surface area contributed by atoms with E-state index in [9.17, 15) is 0 Å². The monoisotopic (exact) mass is 128 g/mol. The van der Waals surface area contributed by atoms with E-state index < -0.39 is 0 Å². The lowest BCUT2D eigenvalue weighted by molar-refractivity contribution is 0.386. The zero-order valence-electron chi connectivity index (χ0n) is 5.54. The molecule has 0 unspecified atom stereocenters. The van der Waals surface area contributed by atoms with Gasteiger partial charge in [-0.1, -0.05) is 6.92 Å². The third-order valence-electron chi connectivity index (χ3n) is 0.881. The molecular formula is C7H12O2. The second-order valence-electron chi connectivity index (χ2n) is 1.75. The molecule has 0 rings (SSSR count). The zero-order chi connectivity index (χ0) is 7.11. The Balaban J connectivity index is 3.55. The standard InChI is InChI=1S/C7H12O2/c1-2-4-7(9)5-3-6-8/h3,5-6,8-9H,2,4H2,1H3/b6-3+,7-5-. The minimum atomic E-state index is 0.308. The summed E-state index contributed by atoms with van der Waals surface area (Å²) in [4.78, 5) is 0.